The van der Waals surface area contributed by atoms with Gasteiger partial charge in [0.25, 0.3) is 0 Å². The summed E-state index contributed by atoms with van der Waals surface area (Å²) in [7, 11) is 0. The number of carbonyl (C=O) groups is 1. The van der Waals surface area contributed by atoms with Gasteiger partial charge in [0.1, 0.15) is 17.1 Å². The van der Waals surface area contributed by atoms with Crippen LogP contribution in [0.5, 0.6) is 5.75 Å². The van der Waals surface area contributed by atoms with Crippen LogP contribution >= 0.6 is 11.3 Å². The van der Waals surface area contributed by atoms with Crippen LogP contribution in [0.15, 0.2) is 54.6 Å². The third-order valence-electron chi connectivity index (χ3n) is 4.44. The van der Waals surface area contributed by atoms with Gasteiger partial charge >= 0.3 is 0 Å². The zero-order valence-electron chi connectivity index (χ0n) is 15.3. The van der Waals surface area contributed by atoms with Crippen LogP contribution < -0.4 is 4.74 Å². The molecule has 0 unspecified atom stereocenters. The van der Waals surface area contributed by atoms with Crippen molar-refractivity contribution in [3.63, 3.8) is 0 Å². The molecule has 2 aromatic heterocycles. The Morgan fingerprint density at radius 3 is 2.48 bits per heavy atom. The molecular formula is C22H20N2O2S. The smallest absolute Gasteiger partial charge is 0.195 e. The highest BCUT2D eigenvalue weighted by atomic mass is 32.1. The molecular weight excluding hydrogens is 356 g/mol. The van der Waals surface area contributed by atoms with Crippen molar-refractivity contribution >= 4 is 22.6 Å². The standard InChI is InChI=1S/C22H20N2O2S/c1-3-13-26-18-11-9-17(10-12-18)21-15(2)27-22-23-20(19(14-25)24(21)22)16-7-5-4-6-8-16/h4-12,14H,3,13H2,1-2H3. The van der Waals surface area contributed by atoms with Crippen LogP contribution in [0, 0.1) is 6.92 Å². The zero-order chi connectivity index (χ0) is 18.8. The molecule has 0 aliphatic carbocycles. The maximum atomic E-state index is 12.0. The topological polar surface area (TPSA) is 43.6 Å². The fraction of sp³-hybridized carbons (Fsp3) is 0.182. The average Bonchev–Trinajstić information content (AvgIpc) is 3.21. The summed E-state index contributed by atoms with van der Waals surface area (Å²) in [5.74, 6) is 0.857. The van der Waals surface area contributed by atoms with E-state index in [1.165, 1.54) is 0 Å². The third-order valence-corrected chi connectivity index (χ3v) is 5.40. The molecule has 0 aliphatic rings. The summed E-state index contributed by atoms with van der Waals surface area (Å²) < 4.78 is 7.65. The van der Waals surface area contributed by atoms with Gasteiger partial charge in [0, 0.05) is 10.4 Å². The molecule has 0 spiro atoms. The van der Waals surface area contributed by atoms with Crippen molar-refractivity contribution in [2.45, 2.75) is 20.3 Å². The Kier molecular flexibility index (Phi) is 4.77. The molecule has 4 rings (SSSR count). The van der Waals surface area contributed by atoms with E-state index in [1.807, 2.05) is 59.0 Å². The summed E-state index contributed by atoms with van der Waals surface area (Å²) in [5, 5.41) is 0. The minimum absolute atomic E-state index is 0.585. The van der Waals surface area contributed by atoms with Gasteiger partial charge < -0.3 is 4.74 Å². The molecule has 5 heteroatoms. The van der Waals surface area contributed by atoms with Gasteiger partial charge in [0.15, 0.2) is 11.2 Å². The van der Waals surface area contributed by atoms with Crippen molar-refractivity contribution in [2.24, 2.45) is 0 Å². The Morgan fingerprint density at radius 2 is 1.81 bits per heavy atom. The maximum Gasteiger partial charge on any atom is 0.195 e. The Balaban J connectivity index is 1.85. The van der Waals surface area contributed by atoms with Gasteiger partial charge in [-0.05, 0) is 43.2 Å². The lowest BCUT2D eigenvalue weighted by Gasteiger charge is -2.07. The summed E-state index contributed by atoms with van der Waals surface area (Å²) in [6.07, 6.45) is 1.88. The van der Waals surface area contributed by atoms with E-state index in [0.29, 0.717) is 12.3 Å². The zero-order valence-corrected chi connectivity index (χ0v) is 16.1. The highest BCUT2D eigenvalue weighted by Crippen LogP contribution is 2.36. The number of hydrogen-bond donors (Lipinski definition) is 0. The first-order valence-corrected chi connectivity index (χ1v) is 9.80. The molecule has 4 aromatic rings. The van der Waals surface area contributed by atoms with E-state index in [1.54, 1.807) is 11.3 Å². The second kappa shape index (κ2) is 7.37. The number of aryl methyl sites for hydroxylation is 1. The van der Waals surface area contributed by atoms with E-state index < -0.39 is 0 Å². The first-order chi connectivity index (χ1) is 13.2. The van der Waals surface area contributed by atoms with Crippen LogP contribution in [-0.4, -0.2) is 22.3 Å². The van der Waals surface area contributed by atoms with Gasteiger partial charge in [-0.1, -0.05) is 37.3 Å². The summed E-state index contributed by atoms with van der Waals surface area (Å²) in [4.78, 5) is 18.7. The molecule has 0 N–H and O–H groups in total. The predicted molar refractivity (Wildman–Crippen MR) is 110 cm³/mol. The second-order valence-electron chi connectivity index (χ2n) is 6.33. The van der Waals surface area contributed by atoms with Gasteiger partial charge in [0.2, 0.25) is 0 Å². The second-order valence-corrected chi connectivity index (χ2v) is 7.51. The van der Waals surface area contributed by atoms with Crippen molar-refractivity contribution < 1.29 is 9.53 Å². The minimum atomic E-state index is 0.585. The first kappa shape index (κ1) is 17.5. The van der Waals surface area contributed by atoms with Crippen LogP contribution in [0.4, 0.5) is 0 Å². The predicted octanol–water partition coefficient (Wildman–Crippen LogP) is 5.64. The fourth-order valence-electron chi connectivity index (χ4n) is 3.22. The number of imidazole rings is 1. The van der Waals surface area contributed by atoms with Crippen LogP contribution in [-0.2, 0) is 0 Å². The molecule has 4 nitrogen and oxygen atoms in total. The fourth-order valence-corrected chi connectivity index (χ4v) is 4.21. The SMILES string of the molecule is CCCOc1ccc(-c2c(C)sc3nc(-c4ccccc4)c(C=O)n23)cc1. The molecule has 0 radical (unpaired) electrons. The van der Waals surface area contributed by atoms with Gasteiger partial charge in [-0.2, -0.15) is 0 Å². The lowest BCUT2D eigenvalue weighted by molar-refractivity contribution is 0.111. The van der Waals surface area contributed by atoms with Crippen molar-refractivity contribution in [3.8, 4) is 28.3 Å². The van der Waals surface area contributed by atoms with Crippen LogP contribution in [0.1, 0.15) is 28.7 Å². The first-order valence-electron chi connectivity index (χ1n) is 8.98. The largest absolute Gasteiger partial charge is 0.494 e. The molecule has 2 aromatic carbocycles. The normalized spacial score (nSPS) is 11.0. The van der Waals surface area contributed by atoms with E-state index in [-0.39, 0.29) is 0 Å². The molecule has 0 aliphatic heterocycles. The van der Waals surface area contributed by atoms with Crippen LogP contribution in [0.3, 0.4) is 0 Å². The molecule has 2 heterocycles. The van der Waals surface area contributed by atoms with E-state index in [0.717, 1.165) is 50.8 Å². The van der Waals surface area contributed by atoms with Crippen LogP contribution in [0.2, 0.25) is 0 Å². The highest BCUT2D eigenvalue weighted by molar-refractivity contribution is 7.17. The van der Waals surface area contributed by atoms with E-state index in [2.05, 4.69) is 13.8 Å². The van der Waals surface area contributed by atoms with Crippen molar-refractivity contribution in [2.75, 3.05) is 6.61 Å². The molecule has 0 amide bonds. The number of nitrogens with zero attached hydrogens (tertiary/aromatic N) is 2. The number of rotatable bonds is 6. The van der Waals surface area contributed by atoms with E-state index in [4.69, 9.17) is 9.72 Å². The minimum Gasteiger partial charge on any atom is -0.494 e. The monoisotopic (exact) mass is 376 g/mol. The number of aromatic nitrogens is 2. The van der Waals surface area contributed by atoms with Crippen LogP contribution in [0.25, 0.3) is 27.5 Å². The van der Waals surface area contributed by atoms with E-state index in [9.17, 15) is 4.79 Å². The lowest BCUT2D eigenvalue weighted by Crippen LogP contribution is -1.96. The summed E-state index contributed by atoms with van der Waals surface area (Å²) in [5.41, 5.74) is 4.31. The maximum absolute atomic E-state index is 12.0. The van der Waals surface area contributed by atoms with E-state index >= 15 is 0 Å². The van der Waals surface area contributed by atoms with Crippen molar-refractivity contribution in [3.05, 3.63) is 65.2 Å². The molecule has 0 saturated carbocycles. The van der Waals surface area contributed by atoms with Gasteiger partial charge in [0.05, 0.1) is 12.3 Å². The van der Waals surface area contributed by atoms with Crippen molar-refractivity contribution in [1.29, 1.82) is 0 Å². The third kappa shape index (κ3) is 3.15. The summed E-state index contributed by atoms with van der Waals surface area (Å²) in [6.45, 7) is 4.86. The highest BCUT2D eigenvalue weighted by Gasteiger charge is 2.20. The van der Waals surface area contributed by atoms with Gasteiger partial charge in [-0.15, -0.1) is 11.3 Å². The Hall–Kier alpha value is -2.92. The molecule has 136 valence electrons. The average molecular weight is 376 g/mol. The molecule has 0 fully saturated rings. The molecule has 0 atom stereocenters. The number of aldehydes is 1. The Bertz CT molecular complexity index is 1080. The number of carbonyl (C=O) groups excluding carboxylic acids is 1. The van der Waals surface area contributed by atoms with Gasteiger partial charge in [-0.3, -0.25) is 9.20 Å². The van der Waals surface area contributed by atoms with Crippen molar-refractivity contribution in [1.82, 2.24) is 9.38 Å². The molecule has 0 saturated heterocycles. The molecule has 0 bridgehead atoms. The summed E-state index contributed by atoms with van der Waals surface area (Å²) in [6, 6.07) is 17.9. The Labute approximate surface area is 162 Å². The summed E-state index contributed by atoms with van der Waals surface area (Å²) >= 11 is 1.60. The quantitative estimate of drug-likeness (QED) is 0.409. The lowest BCUT2D eigenvalue weighted by atomic mass is 10.1. The number of benzene rings is 2. The number of hydrogen-bond acceptors (Lipinski definition) is 4. The number of ether oxygens (including phenoxy) is 1. The Morgan fingerprint density at radius 1 is 1.07 bits per heavy atom. The number of thiazole rings is 1. The van der Waals surface area contributed by atoms with Gasteiger partial charge in [-0.25, -0.2) is 4.98 Å². The molecule has 27 heavy (non-hydrogen) atoms. The number of fused-ring (bicyclic) bond motifs is 1.